The number of aromatic carboxylic acids is 2. The Hall–Kier alpha value is -2.12. The van der Waals surface area contributed by atoms with Crippen LogP contribution in [0.15, 0.2) is 18.2 Å². The first-order valence-corrected chi connectivity index (χ1v) is 6.11. The van der Waals surface area contributed by atoms with Crippen LogP contribution < -0.4 is 4.74 Å². The molecule has 1 saturated heterocycles. The molecule has 0 aliphatic carbocycles. The van der Waals surface area contributed by atoms with E-state index in [1.807, 2.05) is 4.90 Å². The molecule has 0 atom stereocenters. The molecule has 7 nitrogen and oxygen atoms in total. The molecule has 1 aliphatic heterocycles. The number of benzene rings is 1. The minimum Gasteiger partial charge on any atom is -0.478 e. The van der Waals surface area contributed by atoms with Gasteiger partial charge in [0.25, 0.3) is 0 Å². The molecule has 20 heavy (non-hydrogen) atoms. The van der Waals surface area contributed by atoms with Gasteiger partial charge in [-0.05, 0) is 18.2 Å². The predicted octanol–water partition coefficient (Wildman–Crippen LogP) is 0.751. The molecule has 7 heteroatoms. The topological polar surface area (TPSA) is 96.3 Å². The molecule has 1 aliphatic rings. The van der Waals surface area contributed by atoms with Gasteiger partial charge in [0.1, 0.15) is 12.5 Å². The van der Waals surface area contributed by atoms with Crippen molar-refractivity contribution in [2.24, 2.45) is 0 Å². The van der Waals surface area contributed by atoms with E-state index in [-0.39, 0.29) is 11.1 Å². The van der Waals surface area contributed by atoms with Crippen LogP contribution in [0.1, 0.15) is 20.7 Å². The summed E-state index contributed by atoms with van der Waals surface area (Å²) in [6, 6.07) is 3.92. The smallest absolute Gasteiger partial charge is 0.336 e. The average Bonchev–Trinajstić information content (AvgIpc) is 2.45. The molecule has 1 aromatic rings. The van der Waals surface area contributed by atoms with Gasteiger partial charge in [-0.25, -0.2) is 9.59 Å². The lowest BCUT2D eigenvalue weighted by Gasteiger charge is -2.26. The van der Waals surface area contributed by atoms with Crippen molar-refractivity contribution in [1.29, 1.82) is 0 Å². The molecular weight excluding hydrogens is 266 g/mol. The summed E-state index contributed by atoms with van der Waals surface area (Å²) < 4.78 is 10.7. The standard InChI is InChI=1S/C13H15NO6/c15-12(16)10-2-1-9(7-11(10)13(17)18)20-8-14-3-5-19-6-4-14/h1-2,7H,3-6,8H2,(H,15,16)(H,17,18). The maximum absolute atomic E-state index is 11.0. The Morgan fingerprint density at radius 2 is 1.80 bits per heavy atom. The number of morpholine rings is 1. The van der Waals surface area contributed by atoms with Crippen molar-refractivity contribution >= 4 is 11.9 Å². The summed E-state index contributed by atoms with van der Waals surface area (Å²) in [5, 5.41) is 17.9. The van der Waals surface area contributed by atoms with Crippen LogP contribution in [0.25, 0.3) is 0 Å². The lowest BCUT2D eigenvalue weighted by molar-refractivity contribution is 0.00404. The summed E-state index contributed by atoms with van der Waals surface area (Å²) in [7, 11) is 0. The van der Waals surface area contributed by atoms with Gasteiger partial charge in [-0.1, -0.05) is 0 Å². The van der Waals surface area contributed by atoms with Crippen molar-refractivity contribution in [1.82, 2.24) is 4.90 Å². The van der Waals surface area contributed by atoms with Gasteiger partial charge in [0.2, 0.25) is 0 Å². The third-order valence-electron chi connectivity index (χ3n) is 2.97. The number of hydrogen-bond acceptors (Lipinski definition) is 5. The third-order valence-corrected chi connectivity index (χ3v) is 2.97. The van der Waals surface area contributed by atoms with Crippen LogP contribution >= 0.6 is 0 Å². The van der Waals surface area contributed by atoms with Gasteiger partial charge in [0, 0.05) is 13.1 Å². The van der Waals surface area contributed by atoms with E-state index in [1.54, 1.807) is 0 Å². The van der Waals surface area contributed by atoms with Crippen molar-refractivity contribution in [2.75, 3.05) is 33.0 Å². The van der Waals surface area contributed by atoms with Crippen LogP contribution in [0.2, 0.25) is 0 Å². The van der Waals surface area contributed by atoms with Crippen LogP contribution in [-0.2, 0) is 4.74 Å². The summed E-state index contributed by atoms with van der Waals surface area (Å²) in [5.74, 6) is -2.24. The van der Waals surface area contributed by atoms with Gasteiger partial charge in [-0.15, -0.1) is 0 Å². The fourth-order valence-electron chi connectivity index (χ4n) is 1.87. The van der Waals surface area contributed by atoms with Crippen molar-refractivity contribution in [3.63, 3.8) is 0 Å². The summed E-state index contributed by atoms with van der Waals surface area (Å²) in [6.45, 7) is 3.09. The Morgan fingerprint density at radius 3 is 2.40 bits per heavy atom. The molecule has 1 fully saturated rings. The van der Waals surface area contributed by atoms with Gasteiger partial charge in [0.15, 0.2) is 0 Å². The van der Waals surface area contributed by atoms with Crippen molar-refractivity contribution in [3.8, 4) is 5.75 Å². The van der Waals surface area contributed by atoms with Crippen molar-refractivity contribution < 1.29 is 29.3 Å². The van der Waals surface area contributed by atoms with Crippen molar-refractivity contribution in [2.45, 2.75) is 0 Å². The Bertz CT molecular complexity index is 510. The highest BCUT2D eigenvalue weighted by molar-refractivity contribution is 6.01. The van der Waals surface area contributed by atoms with E-state index in [1.165, 1.54) is 18.2 Å². The molecule has 0 bridgehead atoms. The van der Waals surface area contributed by atoms with Gasteiger partial charge in [0.05, 0.1) is 24.3 Å². The summed E-state index contributed by atoms with van der Waals surface area (Å²) >= 11 is 0. The zero-order valence-corrected chi connectivity index (χ0v) is 10.7. The Kier molecular flexibility index (Phi) is 4.54. The first kappa shape index (κ1) is 14.3. The van der Waals surface area contributed by atoms with Crippen LogP contribution in [0.3, 0.4) is 0 Å². The molecule has 2 rings (SSSR count). The number of carboxylic acid groups (broad SMARTS) is 2. The zero-order chi connectivity index (χ0) is 14.5. The Balaban J connectivity index is 2.06. The highest BCUT2D eigenvalue weighted by Gasteiger charge is 2.17. The first-order valence-electron chi connectivity index (χ1n) is 6.11. The minimum absolute atomic E-state index is 0.253. The van der Waals surface area contributed by atoms with Crippen LogP contribution in [0.4, 0.5) is 0 Å². The number of carboxylic acids is 2. The highest BCUT2D eigenvalue weighted by atomic mass is 16.5. The molecule has 108 valence electrons. The van der Waals surface area contributed by atoms with E-state index in [0.717, 1.165) is 13.1 Å². The van der Waals surface area contributed by atoms with Crippen LogP contribution in [-0.4, -0.2) is 60.1 Å². The number of rotatable bonds is 5. The number of nitrogens with zero attached hydrogens (tertiary/aromatic N) is 1. The van der Waals surface area contributed by atoms with E-state index < -0.39 is 11.9 Å². The molecule has 0 spiro atoms. The Morgan fingerprint density at radius 1 is 1.15 bits per heavy atom. The van der Waals surface area contributed by atoms with E-state index >= 15 is 0 Å². The highest BCUT2D eigenvalue weighted by Crippen LogP contribution is 2.18. The molecule has 0 amide bonds. The molecular formula is C13H15NO6. The number of carbonyl (C=O) groups is 2. The fourth-order valence-corrected chi connectivity index (χ4v) is 1.87. The predicted molar refractivity (Wildman–Crippen MR) is 68.2 cm³/mol. The first-order chi connectivity index (χ1) is 9.58. The van der Waals surface area contributed by atoms with Gasteiger partial charge >= 0.3 is 11.9 Å². The van der Waals surface area contributed by atoms with Crippen molar-refractivity contribution in [3.05, 3.63) is 29.3 Å². The van der Waals surface area contributed by atoms with Gasteiger partial charge in [-0.3, -0.25) is 4.90 Å². The molecule has 0 radical (unpaired) electrons. The maximum Gasteiger partial charge on any atom is 0.336 e. The van der Waals surface area contributed by atoms with Gasteiger partial charge < -0.3 is 19.7 Å². The van der Waals surface area contributed by atoms with Crippen LogP contribution in [0.5, 0.6) is 5.75 Å². The fraction of sp³-hybridized carbons (Fsp3) is 0.385. The molecule has 1 heterocycles. The second kappa shape index (κ2) is 6.36. The monoisotopic (exact) mass is 281 g/mol. The summed E-state index contributed by atoms with van der Waals surface area (Å²) in [5.41, 5.74) is -0.534. The average molecular weight is 281 g/mol. The third kappa shape index (κ3) is 3.46. The minimum atomic E-state index is -1.29. The summed E-state index contributed by atoms with van der Waals surface area (Å²) in [4.78, 5) is 24.0. The maximum atomic E-state index is 11.0. The molecule has 0 unspecified atom stereocenters. The van der Waals surface area contributed by atoms with E-state index in [9.17, 15) is 9.59 Å². The normalized spacial score (nSPS) is 15.8. The largest absolute Gasteiger partial charge is 0.478 e. The van der Waals surface area contributed by atoms with E-state index in [4.69, 9.17) is 19.7 Å². The molecule has 2 N–H and O–H groups in total. The number of ether oxygens (including phenoxy) is 2. The lowest BCUT2D eigenvalue weighted by Crippen LogP contribution is -2.38. The van der Waals surface area contributed by atoms with Crippen LogP contribution in [0, 0.1) is 0 Å². The second-order valence-electron chi connectivity index (χ2n) is 4.32. The quantitative estimate of drug-likeness (QED) is 0.822. The Labute approximate surface area is 115 Å². The molecule has 1 aromatic carbocycles. The molecule has 0 saturated carbocycles. The van der Waals surface area contributed by atoms with E-state index in [2.05, 4.69) is 0 Å². The SMILES string of the molecule is O=C(O)c1ccc(OCN2CCOCC2)cc1C(=O)O. The lowest BCUT2D eigenvalue weighted by atomic mass is 10.1. The second-order valence-corrected chi connectivity index (χ2v) is 4.32. The zero-order valence-electron chi connectivity index (χ0n) is 10.7. The summed E-state index contributed by atoms with van der Waals surface area (Å²) in [6.07, 6.45) is 0. The molecule has 0 aromatic heterocycles. The van der Waals surface area contributed by atoms with E-state index in [0.29, 0.717) is 25.7 Å². The number of hydrogen-bond donors (Lipinski definition) is 2. The van der Waals surface area contributed by atoms with Gasteiger partial charge in [-0.2, -0.15) is 0 Å².